The molecule has 5 nitrogen and oxygen atoms in total. The van der Waals surface area contributed by atoms with E-state index in [1.165, 1.54) is 36.8 Å². The van der Waals surface area contributed by atoms with Crippen LogP contribution in [-0.2, 0) is 17.7 Å². The Labute approximate surface area is 255 Å². The van der Waals surface area contributed by atoms with Gasteiger partial charge in [-0.05, 0) is 72.4 Å². The first-order chi connectivity index (χ1) is 20.7. The highest BCUT2D eigenvalue weighted by Crippen LogP contribution is 2.35. The molecule has 5 heteroatoms. The van der Waals surface area contributed by atoms with Crippen LogP contribution >= 0.6 is 0 Å². The molecule has 0 bridgehead atoms. The predicted octanol–water partition coefficient (Wildman–Crippen LogP) is 9.31. The minimum Gasteiger partial charge on any atom is -0.452 e. The van der Waals surface area contributed by atoms with Gasteiger partial charge in [0.05, 0.1) is 6.54 Å². The lowest BCUT2D eigenvalue weighted by atomic mass is 10.0. The molecule has 0 aliphatic carbocycles. The van der Waals surface area contributed by atoms with Gasteiger partial charge < -0.3 is 14.4 Å². The second kappa shape index (κ2) is 13.3. The van der Waals surface area contributed by atoms with Crippen LogP contribution in [0.4, 0.5) is 5.69 Å². The second-order valence-electron chi connectivity index (χ2n) is 11.9. The van der Waals surface area contributed by atoms with Crippen LogP contribution in [0.1, 0.15) is 90.3 Å². The van der Waals surface area contributed by atoms with E-state index in [9.17, 15) is 9.59 Å². The molecule has 1 aliphatic rings. The molecule has 0 unspecified atom stereocenters. The van der Waals surface area contributed by atoms with E-state index in [2.05, 4.69) is 74.5 Å². The van der Waals surface area contributed by atoms with Crippen LogP contribution in [-0.4, -0.2) is 17.7 Å². The van der Waals surface area contributed by atoms with Gasteiger partial charge in [-0.1, -0.05) is 98.8 Å². The summed E-state index contributed by atoms with van der Waals surface area (Å²) in [6.45, 7) is 8.05. The first kappa shape index (κ1) is 30.1. The zero-order valence-corrected chi connectivity index (χ0v) is 25.7. The Morgan fingerprint density at radius 3 is 2.05 bits per heavy atom. The minimum atomic E-state index is -1.04. The fourth-order valence-electron chi connectivity index (χ4n) is 5.41. The summed E-state index contributed by atoms with van der Waals surface area (Å²) in [4.78, 5) is 28.6. The van der Waals surface area contributed by atoms with Crippen molar-refractivity contribution in [3.05, 3.63) is 119 Å². The van der Waals surface area contributed by atoms with Crippen molar-refractivity contribution in [2.24, 2.45) is 0 Å². The number of cyclic esters (lactones) is 1. The number of carbonyl (C=O) groups excluding carboxylic acids is 2. The molecule has 1 amide bonds. The second-order valence-corrected chi connectivity index (χ2v) is 11.9. The number of rotatable bonds is 11. The number of hydrogen-bond donors (Lipinski definition) is 0. The van der Waals surface area contributed by atoms with Crippen molar-refractivity contribution in [2.75, 3.05) is 4.90 Å². The van der Waals surface area contributed by atoms with Crippen LogP contribution in [0.25, 0.3) is 11.1 Å². The summed E-state index contributed by atoms with van der Waals surface area (Å²) >= 11 is 0. The van der Waals surface area contributed by atoms with Gasteiger partial charge in [0.2, 0.25) is 5.79 Å². The van der Waals surface area contributed by atoms with Crippen LogP contribution in [0.2, 0.25) is 0 Å². The zero-order chi connectivity index (χ0) is 30.4. The molecule has 1 heterocycles. The normalized spacial score (nSPS) is 13.5. The Bertz CT molecular complexity index is 1550. The average Bonchev–Trinajstić information content (AvgIpc) is 3.00. The molecule has 0 aromatic heterocycles. The van der Waals surface area contributed by atoms with Gasteiger partial charge in [-0.3, -0.25) is 4.79 Å². The fraction of sp³-hybridized carbons (Fsp3) is 0.316. The largest absolute Gasteiger partial charge is 0.452 e. The Morgan fingerprint density at radius 1 is 0.744 bits per heavy atom. The lowest BCUT2D eigenvalue weighted by Crippen LogP contribution is -2.39. The molecule has 222 valence electrons. The summed E-state index contributed by atoms with van der Waals surface area (Å²) in [7, 11) is 0. The lowest BCUT2D eigenvalue weighted by molar-refractivity contribution is -0.127. The number of esters is 1. The fourth-order valence-corrected chi connectivity index (χ4v) is 5.41. The number of aryl methyl sites for hydroxylation is 2. The van der Waals surface area contributed by atoms with Gasteiger partial charge in [0.15, 0.2) is 0 Å². The summed E-state index contributed by atoms with van der Waals surface area (Å²) in [6, 6.07) is 29.9. The Kier molecular flexibility index (Phi) is 9.30. The van der Waals surface area contributed by atoms with E-state index < -0.39 is 11.8 Å². The van der Waals surface area contributed by atoms with Gasteiger partial charge in [-0.25, -0.2) is 4.79 Å². The standard InChI is InChI=1S/C38H41NO4/c1-5-6-7-8-9-10-28-13-21-32(22-14-28)36(40)39(33-23-24-35-34(25-33)37(41)43-38(3,4)42-35)26-29-15-19-31(20-16-29)30-17-11-27(2)12-18-30/h11-25H,5-10,26H2,1-4H3. The highest BCUT2D eigenvalue weighted by atomic mass is 16.7. The first-order valence-corrected chi connectivity index (χ1v) is 15.4. The minimum absolute atomic E-state index is 0.137. The van der Waals surface area contributed by atoms with Crippen molar-refractivity contribution >= 4 is 17.6 Å². The van der Waals surface area contributed by atoms with Crippen molar-refractivity contribution in [2.45, 2.75) is 78.6 Å². The Balaban J connectivity index is 1.40. The van der Waals surface area contributed by atoms with E-state index in [0.717, 1.165) is 29.5 Å². The molecular weight excluding hydrogens is 534 g/mol. The third-order valence-corrected chi connectivity index (χ3v) is 7.88. The molecule has 5 rings (SSSR count). The Morgan fingerprint density at radius 2 is 1.37 bits per heavy atom. The number of benzene rings is 4. The SMILES string of the molecule is CCCCCCCc1ccc(C(=O)N(Cc2ccc(-c3ccc(C)cc3)cc2)c2ccc3c(c2)C(=O)OC(C)(C)O3)cc1. The number of unbranched alkanes of at least 4 members (excludes halogenated alkanes) is 4. The monoisotopic (exact) mass is 575 g/mol. The number of hydrogen-bond acceptors (Lipinski definition) is 4. The summed E-state index contributed by atoms with van der Waals surface area (Å²) in [6.07, 6.45) is 7.18. The van der Waals surface area contributed by atoms with E-state index in [0.29, 0.717) is 29.1 Å². The average molecular weight is 576 g/mol. The van der Waals surface area contributed by atoms with Crippen LogP contribution in [0.5, 0.6) is 5.75 Å². The number of fused-ring (bicyclic) bond motifs is 1. The topological polar surface area (TPSA) is 55.8 Å². The van der Waals surface area contributed by atoms with Gasteiger partial charge in [-0.2, -0.15) is 0 Å². The molecular formula is C38H41NO4. The summed E-state index contributed by atoms with van der Waals surface area (Å²) < 4.78 is 11.3. The van der Waals surface area contributed by atoms with E-state index >= 15 is 0 Å². The van der Waals surface area contributed by atoms with E-state index in [1.807, 2.05) is 18.2 Å². The molecule has 0 spiro atoms. The summed E-state index contributed by atoms with van der Waals surface area (Å²) in [5.74, 6) is -1.20. The van der Waals surface area contributed by atoms with Crippen molar-refractivity contribution in [3.8, 4) is 16.9 Å². The molecule has 4 aromatic carbocycles. The summed E-state index contributed by atoms with van der Waals surface area (Å²) in [5.41, 5.74) is 7.21. The van der Waals surface area contributed by atoms with E-state index in [4.69, 9.17) is 9.47 Å². The van der Waals surface area contributed by atoms with Crippen molar-refractivity contribution in [3.63, 3.8) is 0 Å². The number of carbonyl (C=O) groups is 2. The highest BCUT2D eigenvalue weighted by molar-refractivity contribution is 6.07. The van der Waals surface area contributed by atoms with Crippen LogP contribution in [0, 0.1) is 6.92 Å². The van der Waals surface area contributed by atoms with Gasteiger partial charge in [0.25, 0.3) is 5.91 Å². The number of ether oxygens (including phenoxy) is 2. The summed E-state index contributed by atoms with van der Waals surface area (Å²) in [5, 5.41) is 0. The van der Waals surface area contributed by atoms with Gasteiger partial charge in [-0.15, -0.1) is 0 Å². The molecule has 0 saturated carbocycles. The maximum Gasteiger partial charge on any atom is 0.345 e. The van der Waals surface area contributed by atoms with Crippen LogP contribution in [0.3, 0.4) is 0 Å². The number of nitrogens with zero attached hydrogens (tertiary/aromatic N) is 1. The molecule has 0 radical (unpaired) electrons. The van der Waals surface area contributed by atoms with Crippen LogP contribution < -0.4 is 9.64 Å². The van der Waals surface area contributed by atoms with E-state index in [1.54, 1.807) is 30.9 Å². The van der Waals surface area contributed by atoms with E-state index in [-0.39, 0.29) is 5.91 Å². The molecule has 0 N–H and O–H groups in total. The molecule has 4 aromatic rings. The highest BCUT2D eigenvalue weighted by Gasteiger charge is 2.34. The molecule has 1 aliphatic heterocycles. The smallest absolute Gasteiger partial charge is 0.345 e. The molecule has 0 saturated heterocycles. The van der Waals surface area contributed by atoms with Gasteiger partial charge >= 0.3 is 5.97 Å². The Hall–Kier alpha value is -4.38. The van der Waals surface area contributed by atoms with Gasteiger partial charge in [0, 0.05) is 25.1 Å². The number of amides is 1. The molecule has 0 fully saturated rings. The third kappa shape index (κ3) is 7.53. The maximum atomic E-state index is 14.0. The first-order valence-electron chi connectivity index (χ1n) is 15.4. The van der Waals surface area contributed by atoms with Crippen molar-refractivity contribution < 1.29 is 19.1 Å². The van der Waals surface area contributed by atoms with Crippen molar-refractivity contribution in [1.82, 2.24) is 0 Å². The maximum absolute atomic E-state index is 14.0. The number of anilines is 1. The third-order valence-electron chi connectivity index (χ3n) is 7.88. The van der Waals surface area contributed by atoms with Crippen LogP contribution in [0.15, 0.2) is 91.0 Å². The lowest BCUT2D eigenvalue weighted by Gasteiger charge is -2.32. The van der Waals surface area contributed by atoms with Crippen molar-refractivity contribution in [1.29, 1.82) is 0 Å². The predicted molar refractivity (Wildman–Crippen MR) is 173 cm³/mol. The van der Waals surface area contributed by atoms with Gasteiger partial charge in [0.1, 0.15) is 11.3 Å². The zero-order valence-electron chi connectivity index (χ0n) is 25.7. The molecule has 0 atom stereocenters. The quantitative estimate of drug-likeness (QED) is 0.132. The molecule has 43 heavy (non-hydrogen) atoms.